The van der Waals surface area contributed by atoms with Crippen molar-refractivity contribution in [2.24, 2.45) is 0 Å². The summed E-state index contributed by atoms with van der Waals surface area (Å²) in [4.78, 5) is 16.3. The molecule has 1 heterocycles. The maximum absolute atomic E-state index is 12.4. The van der Waals surface area contributed by atoms with Gasteiger partial charge in [0.05, 0.1) is 10.5 Å². The van der Waals surface area contributed by atoms with Crippen LogP contribution in [-0.4, -0.2) is 34.6 Å². The molecule has 1 amide bonds. The highest BCUT2D eigenvalue weighted by Crippen LogP contribution is 2.31. The van der Waals surface area contributed by atoms with Crippen molar-refractivity contribution in [1.29, 1.82) is 0 Å². The van der Waals surface area contributed by atoms with Crippen LogP contribution in [0.4, 0.5) is 0 Å². The lowest BCUT2D eigenvalue weighted by Crippen LogP contribution is -2.41. The second-order valence-electron chi connectivity index (χ2n) is 5.54. The largest absolute Gasteiger partial charge is 0.389 e. The number of hydrogen-bond donors (Lipinski definition) is 1. The fraction of sp³-hybridized carbons (Fsp3) is 0.643. The van der Waals surface area contributed by atoms with Gasteiger partial charge >= 0.3 is 0 Å². The minimum atomic E-state index is -0.842. The van der Waals surface area contributed by atoms with E-state index in [0.29, 0.717) is 13.1 Å². The molecule has 0 spiro atoms. The van der Waals surface area contributed by atoms with E-state index in [1.54, 1.807) is 30.1 Å². The Morgan fingerprint density at radius 2 is 2.22 bits per heavy atom. The van der Waals surface area contributed by atoms with Crippen LogP contribution in [0, 0.1) is 0 Å². The fourth-order valence-corrected chi connectivity index (χ4v) is 3.61. The summed E-state index contributed by atoms with van der Waals surface area (Å²) < 4.78 is 0. The van der Waals surface area contributed by atoms with Crippen LogP contribution in [0.15, 0.2) is 6.07 Å². The van der Waals surface area contributed by atoms with Gasteiger partial charge < -0.3 is 10.0 Å². The Kier molecular flexibility index (Phi) is 3.78. The Balaban J connectivity index is 2.13. The van der Waals surface area contributed by atoms with Crippen LogP contribution in [0.5, 0.6) is 0 Å². The molecule has 0 bridgehead atoms. The minimum absolute atomic E-state index is 0.0547. The highest BCUT2D eigenvalue weighted by atomic mass is 32.1. The van der Waals surface area contributed by atoms with E-state index in [1.807, 2.05) is 13.0 Å². The van der Waals surface area contributed by atoms with Crippen molar-refractivity contribution in [1.82, 2.24) is 4.90 Å². The lowest BCUT2D eigenvalue weighted by Gasteiger charge is -2.27. The molecule has 0 atom stereocenters. The molecular formula is C14H21NO2S. The quantitative estimate of drug-likeness (QED) is 0.910. The summed E-state index contributed by atoms with van der Waals surface area (Å²) in [5.74, 6) is 0.0547. The van der Waals surface area contributed by atoms with E-state index in [1.165, 1.54) is 16.9 Å². The predicted octanol–water partition coefficient (Wildman–Crippen LogP) is 2.47. The zero-order chi connectivity index (χ0) is 13.3. The summed E-state index contributed by atoms with van der Waals surface area (Å²) in [6.45, 7) is 6.43. The van der Waals surface area contributed by atoms with Crippen molar-refractivity contribution in [2.75, 3.05) is 13.1 Å². The third kappa shape index (κ3) is 2.93. The summed E-state index contributed by atoms with van der Waals surface area (Å²) in [5.41, 5.74) is 0.508. The number of amides is 1. The summed E-state index contributed by atoms with van der Waals surface area (Å²) in [7, 11) is 0. The van der Waals surface area contributed by atoms with Gasteiger partial charge in [-0.3, -0.25) is 4.79 Å². The molecule has 0 saturated heterocycles. The number of nitrogens with zero attached hydrogens (tertiary/aromatic N) is 1. The molecule has 1 aromatic heterocycles. The molecule has 1 aliphatic carbocycles. The Bertz CT molecular complexity index is 424. The van der Waals surface area contributed by atoms with Gasteiger partial charge in [0.1, 0.15) is 0 Å². The van der Waals surface area contributed by atoms with Crippen LogP contribution in [-0.2, 0) is 12.8 Å². The summed E-state index contributed by atoms with van der Waals surface area (Å²) >= 11 is 1.63. The van der Waals surface area contributed by atoms with Crippen LogP contribution in [0.3, 0.4) is 0 Å². The van der Waals surface area contributed by atoms with Crippen molar-refractivity contribution < 1.29 is 9.90 Å². The number of carbonyl (C=O) groups is 1. The normalized spacial score (nSPS) is 14.7. The molecule has 0 fully saturated rings. The summed E-state index contributed by atoms with van der Waals surface area (Å²) in [5, 5.41) is 9.84. The van der Waals surface area contributed by atoms with Crippen LogP contribution >= 0.6 is 11.3 Å². The Morgan fingerprint density at radius 1 is 1.50 bits per heavy atom. The number of rotatable bonds is 4. The summed E-state index contributed by atoms with van der Waals surface area (Å²) in [6.07, 6.45) is 3.44. The highest BCUT2D eigenvalue weighted by molar-refractivity contribution is 7.14. The fourth-order valence-electron chi connectivity index (χ4n) is 2.38. The topological polar surface area (TPSA) is 40.5 Å². The monoisotopic (exact) mass is 267 g/mol. The molecule has 0 saturated carbocycles. The molecule has 100 valence electrons. The summed E-state index contributed by atoms with van der Waals surface area (Å²) in [6, 6.07) is 2.04. The van der Waals surface area contributed by atoms with Crippen LogP contribution < -0.4 is 0 Å². The van der Waals surface area contributed by atoms with Crippen molar-refractivity contribution in [3.63, 3.8) is 0 Å². The van der Waals surface area contributed by atoms with E-state index in [-0.39, 0.29) is 5.91 Å². The van der Waals surface area contributed by atoms with Crippen molar-refractivity contribution in [3.05, 3.63) is 21.4 Å². The number of hydrogen-bond acceptors (Lipinski definition) is 3. The molecule has 0 unspecified atom stereocenters. The highest BCUT2D eigenvalue weighted by Gasteiger charge is 2.25. The van der Waals surface area contributed by atoms with Gasteiger partial charge in [-0.2, -0.15) is 0 Å². The maximum atomic E-state index is 12.4. The van der Waals surface area contributed by atoms with Gasteiger partial charge in [-0.15, -0.1) is 11.3 Å². The van der Waals surface area contributed by atoms with Crippen LogP contribution in [0.25, 0.3) is 0 Å². The molecular weight excluding hydrogens is 246 g/mol. The number of fused-ring (bicyclic) bond motifs is 1. The van der Waals surface area contributed by atoms with E-state index < -0.39 is 5.60 Å². The van der Waals surface area contributed by atoms with Crippen molar-refractivity contribution in [3.8, 4) is 0 Å². The van der Waals surface area contributed by atoms with Gasteiger partial charge in [-0.1, -0.05) is 0 Å². The number of thiophene rings is 1. The van der Waals surface area contributed by atoms with Gasteiger partial charge in [-0.05, 0) is 51.7 Å². The van der Waals surface area contributed by atoms with Gasteiger partial charge in [0.25, 0.3) is 5.91 Å². The van der Waals surface area contributed by atoms with Crippen molar-refractivity contribution in [2.45, 2.75) is 45.6 Å². The molecule has 0 radical (unpaired) electrons. The van der Waals surface area contributed by atoms with E-state index in [4.69, 9.17) is 0 Å². The van der Waals surface area contributed by atoms with E-state index in [2.05, 4.69) is 0 Å². The lowest BCUT2D eigenvalue weighted by molar-refractivity contribution is 0.0317. The van der Waals surface area contributed by atoms with Gasteiger partial charge in [0, 0.05) is 18.0 Å². The first-order valence-electron chi connectivity index (χ1n) is 6.54. The predicted molar refractivity (Wildman–Crippen MR) is 74.2 cm³/mol. The molecule has 3 nitrogen and oxygen atoms in total. The van der Waals surface area contributed by atoms with E-state index >= 15 is 0 Å². The second-order valence-corrected chi connectivity index (χ2v) is 6.68. The SMILES string of the molecule is CCN(CC(C)(C)O)C(=O)c1cc2c(s1)CCC2. The smallest absolute Gasteiger partial charge is 0.264 e. The molecule has 1 aliphatic rings. The number of aliphatic hydroxyl groups is 1. The molecule has 0 aliphatic heterocycles. The Hall–Kier alpha value is -0.870. The van der Waals surface area contributed by atoms with Gasteiger partial charge in [0.2, 0.25) is 0 Å². The van der Waals surface area contributed by atoms with Crippen LogP contribution in [0.1, 0.15) is 47.3 Å². The first kappa shape index (κ1) is 13.6. The Labute approximate surface area is 112 Å². The Morgan fingerprint density at radius 3 is 2.78 bits per heavy atom. The average Bonchev–Trinajstić information content (AvgIpc) is 2.83. The molecule has 18 heavy (non-hydrogen) atoms. The molecule has 2 rings (SSSR count). The molecule has 0 aromatic carbocycles. The maximum Gasteiger partial charge on any atom is 0.264 e. The second kappa shape index (κ2) is 5.02. The average molecular weight is 267 g/mol. The lowest BCUT2D eigenvalue weighted by atomic mass is 10.1. The van der Waals surface area contributed by atoms with Crippen molar-refractivity contribution >= 4 is 17.2 Å². The van der Waals surface area contributed by atoms with E-state index in [0.717, 1.165) is 17.7 Å². The number of aryl methyl sites for hydroxylation is 2. The molecule has 4 heteroatoms. The molecule has 1 aromatic rings. The minimum Gasteiger partial charge on any atom is -0.389 e. The number of carbonyl (C=O) groups excluding carboxylic acids is 1. The molecule has 1 N–H and O–H groups in total. The van der Waals surface area contributed by atoms with Crippen LogP contribution in [0.2, 0.25) is 0 Å². The number of likely N-dealkylation sites (N-methyl/N-ethyl adjacent to an activating group) is 1. The third-order valence-electron chi connectivity index (χ3n) is 3.20. The van der Waals surface area contributed by atoms with Gasteiger partial charge in [0.15, 0.2) is 0 Å². The first-order valence-corrected chi connectivity index (χ1v) is 7.35. The third-order valence-corrected chi connectivity index (χ3v) is 4.43. The van der Waals surface area contributed by atoms with E-state index in [9.17, 15) is 9.90 Å². The standard InChI is InChI=1S/C14H21NO2S/c1-4-15(9-14(2,3)17)13(16)12-8-10-6-5-7-11(10)18-12/h8,17H,4-7,9H2,1-3H3. The zero-order valence-corrected chi connectivity index (χ0v) is 12.1. The van der Waals surface area contributed by atoms with Gasteiger partial charge in [-0.25, -0.2) is 0 Å². The first-order chi connectivity index (χ1) is 8.40. The zero-order valence-electron chi connectivity index (χ0n) is 11.3.